The molecular weight excluding hydrogens is 452 g/mol. The molecule has 1 fully saturated rings. The Balaban J connectivity index is 1.46. The number of anilines is 2. The van der Waals surface area contributed by atoms with Gasteiger partial charge in [-0.2, -0.15) is 0 Å². The van der Waals surface area contributed by atoms with Crippen LogP contribution in [0.2, 0.25) is 0 Å². The van der Waals surface area contributed by atoms with Gasteiger partial charge in [-0.1, -0.05) is 13.0 Å². The maximum absolute atomic E-state index is 13.0. The number of rotatable bonds is 7. The predicted octanol–water partition coefficient (Wildman–Crippen LogP) is 6.01. The Hall–Kier alpha value is -3.49. The number of ether oxygens (including phenoxy) is 1. The SMILES string of the molecule is COC(=O)C1CCC(C(C)c2ncc(-c3cc(C)cc(Nc4nccc(C(F)F)n4)c3)cn2)CC1. The van der Waals surface area contributed by atoms with E-state index >= 15 is 0 Å². The van der Waals surface area contributed by atoms with Gasteiger partial charge in [0.25, 0.3) is 6.43 Å². The maximum Gasteiger partial charge on any atom is 0.308 e. The molecule has 3 aromatic rings. The van der Waals surface area contributed by atoms with Crippen molar-refractivity contribution >= 4 is 17.6 Å². The molecule has 0 spiro atoms. The summed E-state index contributed by atoms with van der Waals surface area (Å²) < 4.78 is 30.8. The predicted molar refractivity (Wildman–Crippen MR) is 128 cm³/mol. The molecule has 1 aliphatic rings. The van der Waals surface area contributed by atoms with Gasteiger partial charge in [0.2, 0.25) is 5.95 Å². The smallest absolute Gasteiger partial charge is 0.308 e. The van der Waals surface area contributed by atoms with Crippen LogP contribution in [0.4, 0.5) is 20.4 Å². The second-order valence-electron chi connectivity index (χ2n) is 9.07. The van der Waals surface area contributed by atoms with Crippen LogP contribution in [0.15, 0.2) is 42.9 Å². The van der Waals surface area contributed by atoms with Crippen LogP contribution in [0.5, 0.6) is 0 Å². The van der Waals surface area contributed by atoms with Crippen molar-refractivity contribution in [2.75, 3.05) is 12.4 Å². The molecular formula is C26H29F2N5O2. The van der Waals surface area contributed by atoms with E-state index in [0.29, 0.717) is 11.6 Å². The average Bonchev–Trinajstić information content (AvgIpc) is 2.88. The zero-order valence-corrected chi connectivity index (χ0v) is 20.0. The minimum absolute atomic E-state index is 0.000817. The van der Waals surface area contributed by atoms with E-state index in [9.17, 15) is 13.6 Å². The molecule has 2 heterocycles. The number of methoxy groups -OCH3 is 1. The monoisotopic (exact) mass is 481 g/mol. The lowest BCUT2D eigenvalue weighted by atomic mass is 9.76. The van der Waals surface area contributed by atoms with Crippen molar-refractivity contribution in [2.45, 2.75) is 51.9 Å². The van der Waals surface area contributed by atoms with Crippen LogP contribution in [-0.4, -0.2) is 33.0 Å². The van der Waals surface area contributed by atoms with Crippen LogP contribution in [0.1, 0.15) is 62.0 Å². The molecule has 1 aromatic carbocycles. The lowest BCUT2D eigenvalue weighted by Gasteiger charge is -2.30. The summed E-state index contributed by atoms with van der Waals surface area (Å²) in [6.07, 6.45) is 5.85. The zero-order valence-electron chi connectivity index (χ0n) is 20.0. The largest absolute Gasteiger partial charge is 0.469 e. The third-order valence-electron chi connectivity index (χ3n) is 6.66. The molecule has 0 aliphatic heterocycles. The van der Waals surface area contributed by atoms with Gasteiger partial charge < -0.3 is 10.1 Å². The fraction of sp³-hybridized carbons (Fsp3) is 0.423. The van der Waals surface area contributed by atoms with Crippen LogP contribution < -0.4 is 5.32 Å². The van der Waals surface area contributed by atoms with E-state index in [1.165, 1.54) is 19.4 Å². The molecule has 35 heavy (non-hydrogen) atoms. The van der Waals surface area contributed by atoms with Gasteiger partial charge in [-0.3, -0.25) is 4.79 Å². The Kier molecular flexibility index (Phi) is 7.63. The second kappa shape index (κ2) is 10.8. The number of nitrogens with zero attached hydrogens (tertiary/aromatic N) is 4. The first-order chi connectivity index (χ1) is 16.8. The van der Waals surface area contributed by atoms with Gasteiger partial charge in [0.1, 0.15) is 11.5 Å². The molecule has 9 heteroatoms. The highest BCUT2D eigenvalue weighted by molar-refractivity contribution is 5.72. The molecule has 1 aliphatic carbocycles. The van der Waals surface area contributed by atoms with Crippen molar-refractivity contribution in [3.63, 3.8) is 0 Å². The van der Waals surface area contributed by atoms with Crippen molar-refractivity contribution in [3.8, 4) is 11.1 Å². The maximum atomic E-state index is 13.0. The minimum atomic E-state index is -2.66. The van der Waals surface area contributed by atoms with Gasteiger partial charge in [-0.25, -0.2) is 28.7 Å². The second-order valence-corrected chi connectivity index (χ2v) is 9.07. The summed E-state index contributed by atoms with van der Waals surface area (Å²) in [7, 11) is 1.44. The van der Waals surface area contributed by atoms with Crippen molar-refractivity contribution < 1.29 is 18.3 Å². The number of alkyl halides is 2. The summed E-state index contributed by atoms with van der Waals surface area (Å²) in [5, 5.41) is 3.01. The fourth-order valence-corrected chi connectivity index (χ4v) is 4.66. The number of carbonyl (C=O) groups excluding carboxylic acids is 1. The first-order valence-corrected chi connectivity index (χ1v) is 11.7. The van der Waals surface area contributed by atoms with Crippen molar-refractivity contribution in [2.24, 2.45) is 11.8 Å². The molecule has 1 N–H and O–H groups in total. The van der Waals surface area contributed by atoms with Crippen LogP contribution in [-0.2, 0) is 9.53 Å². The third-order valence-corrected chi connectivity index (χ3v) is 6.66. The van der Waals surface area contributed by atoms with E-state index in [1.54, 1.807) is 0 Å². The topological polar surface area (TPSA) is 89.9 Å². The summed E-state index contributed by atoms with van der Waals surface area (Å²) in [5.74, 6) is 1.41. The summed E-state index contributed by atoms with van der Waals surface area (Å²) in [6, 6.07) is 6.99. The highest BCUT2D eigenvalue weighted by Gasteiger charge is 2.31. The lowest BCUT2D eigenvalue weighted by molar-refractivity contribution is -0.146. The molecule has 0 bridgehead atoms. The molecule has 7 nitrogen and oxygen atoms in total. The Bertz CT molecular complexity index is 1160. The minimum Gasteiger partial charge on any atom is -0.469 e. The Labute approximate surface area is 203 Å². The average molecular weight is 482 g/mol. The lowest BCUT2D eigenvalue weighted by Crippen LogP contribution is -2.25. The normalized spacial score (nSPS) is 18.8. The van der Waals surface area contributed by atoms with Gasteiger partial charge >= 0.3 is 5.97 Å². The number of hydrogen-bond acceptors (Lipinski definition) is 7. The van der Waals surface area contributed by atoms with Crippen molar-refractivity contribution in [1.82, 2.24) is 19.9 Å². The van der Waals surface area contributed by atoms with Crippen LogP contribution >= 0.6 is 0 Å². The number of benzene rings is 1. The van der Waals surface area contributed by atoms with Crippen molar-refractivity contribution in [1.29, 1.82) is 0 Å². The molecule has 0 saturated heterocycles. The summed E-state index contributed by atoms with van der Waals surface area (Å²) >= 11 is 0. The standard InChI is InChI=1S/C26H29F2N5O2/c1-15-10-19(12-21(11-15)32-26-29-9-8-22(33-26)23(27)28)20-13-30-24(31-14-20)16(2)17-4-6-18(7-5-17)25(34)35-3/h8-14,16-18,23H,4-7H2,1-3H3,(H,29,32,33). The third kappa shape index (κ3) is 5.96. The zero-order chi connectivity index (χ0) is 24.9. The molecule has 1 unspecified atom stereocenters. The number of esters is 1. The Morgan fingerprint density at radius 3 is 2.43 bits per heavy atom. The van der Waals surface area contributed by atoms with Crippen LogP contribution in [0.3, 0.4) is 0 Å². The molecule has 184 valence electrons. The summed E-state index contributed by atoms with van der Waals surface area (Å²) in [6.45, 7) is 4.09. The Morgan fingerprint density at radius 1 is 1.06 bits per heavy atom. The van der Waals surface area contributed by atoms with E-state index < -0.39 is 6.43 Å². The van der Waals surface area contributed by atoms with Crippen LogP contribution in [0.25, 0.3) is 11.1 Å². The van der Waals surface area contributed by atoms with Gasteiger partial charge in [0, 0.05) is 35.8 Å². The van der Waals surface area contributed by atoms with Crippen molar-refractivity contribution in [3.05, 3.63) is 59.9 Å². The van der Waals surface area contributed by atoms with E-state index in [2.05, 4.69) is 32.2 Å². The fourth-order valence-electron chi connectivity index (χ4n) is 4.66. The van der Waals surface area contributed by atoms with E-state index in [-0.39, 0.29) is 29.4 Å². The first kappa shape index (κ1) is 24.6. The molecule has 1 saturated carbocycles. The summed E-state index contributed by atoms with van der Waals surface area (Å²) in [5.41, 5.74) is 3.09. The van der Waals surface area contributed by atoms with Crippen LogP contribution in [0, 0.1) is 18.8 Å². The Morgan fingerprint density at radius 2 is 1.77 bits per heavy atom. The highest BCUT2D eigenvalue weighted by atomic mass is 19.3. The number of aryl methyl sites for hydroxylation is 1. The number of aromatic nitrogens is 4. The van der Waals surface area contributed by atoms with Gasteiger partial charge in [-0.05, 0) is 67.9 Å². The van der Waals surface area contributed by atoms with Gasteiger partial charge in [0.15, 0.2) is 0 Å². The molecule has 2 aromatic heterocycles. The summed E-state index contributed by atoms with van der Waals surface area (Å²) in [4.78, 5) is 29.0. The quantitative estimate of drug-likeness (QED) is 0.414. The van der Waals surface area contributed by atoms with E-state index in [1.807, 2.05) is 37.5 Å². The van der Waals surface area contributed by atoms with Gasteiger partial charge in [0.05, 0.1) is 13.0 Å². The number of carbonyl (C=O) groups is 1. The van der Waals surface area contributed by atoms with E-state index in [4.69, 9.17) is 4.74 Å². The highest BCUT2D eigenvalue weighted by Crippen LogP contribution is 2.37. The number of hydrogen-bond donors (Lipinski definition) is 1. The van der Waals surface area contributed by atoms with E-state index in [0.717, 1.165) is 48.2 Å². The number of nitrogens with one attached hydrogen (secondary N) is 1. The first-order valence-electron chi connectivity index (χ1n) is 11.7. The molecule has 4 rings (SSSR count). The molecule has 1 atom stereocenters. The molecule has 0 radical (unpaired) electrons. The molecule has 0 amide bonds. The number of halogens is 2. The van der Waals surface area contributed by atoms with Gasteiger partial charge in [-0.15, -0.1) is 0 Å².